The minimum Gasteiger partial charge on any atom is -0.326 e. The van der Waals surface area contributed by atoms with Crippen LogP contribution in [-0.4, -0.2) is 48.1 Å². The maximum atomic E-state index is 12.2. The standard InChI is InChI=1S/C15H22N4O/c16-11-12-1-3-13(4-2-12)17-15(20)19-9-7-18(8-10-19)14-5-6-14/h1-4,14H,5-11,16H2,(H,17,20). The summed E-state index contributed by atoms with van der Waals surface area (Å²) in [6.07, 6.45) is 2.67. The van der Waals surface area contributed by atoms with E-state index in [4.69, 9.17) is 5.73 Å². The van der Waals surface area contributed by atoms with Crippen molar-refractivity contribution in [2.24, 2.45) is 5.73 Å². The molecule has 2 amide bonds. The highest BCUT2D eigenvalue weighted by Crippen LogP contribution is 2.27. The zero-order chi connectivity index (χ0) is 13.9. The number of amides is 2. The molecule has 5 nitrogen and oxygen atoms in total. The normalized spacial score (nSPS) is 19.9. The van der Waals surface area contributed by atoms with Crippen LogP contribution in [0.4, 0.5) is 10.5 Å². The Morgan fingerprint density at radius 1 is 1.15 bits per heavy atom. The average Bonchev–Trinajstić information content (AvgIpc) is 3.33. The molecular weight excluding hydrogens is 252 g/mol. The first-order chi connectivity index (χ1) is 9.76. The van der Waals surface area contributed by atoms with Crippen molar-refractivity contribution >= 4 is 11.7 Å². The van der Waals surface area contributed by atoms with Crippen molar-refractivity contribution in [3.63, 3.8) is 0 Å². The van der Waals surface area contributed by atoms with E-state index in [2.05, 4.69) is 10.2 Å². The van der Waals surface area contributed by atoms with Crippen LogP contribution in [0.1, 0.15) is 18.4 Å². The fourth-order valence-electron chi connectivity index (χ4n) is 2.66. The molecular formula is C15H22N4O. The minimum absolute atomic E-state index is 0.000875. The third-order valence-electron chi connectivity index (χ3n) is 4.11. The molecule has 0 atom stereocenters. The van der Waals surface area contributed by atoms with Gasteiger partial charge >= 0.3 is 6.03 Å². The second kappa shape index (κ2) is 5.81. The summed E-state index contributed by atoms with van der Waals surface area (Å²) in [5, 5.41) is 2.95. The molecule has 2 fully saturated rings. The quantitative estimate of drug-likeness (QED) is 0.877. The van der Waals surface area contributed by atoms with Crippen LogP contribution in [0, 0.1) is 0 Å². The van der Waals surface area contributed by atoms with Gasteiger partial charge in [-0.25, -0.2) is 4.79 Å². The lowest BCUT2D eigenvalue weighted by Crippen LogP contribution is -2.50. The van der Waals surface area contributed by atoms with Gasteiger partial charge in [0.2, 0.25) is 0 Å². The third kappa shape index (κ3) is 3.11. The Bertz CT molecular complexity index is 461. The first-order valence-corrected chi connectivity index (χ1v) is 7.35. The third-order valence-corrected chi connectivity index (χ3v) is 4.11. The van der Waals surface area contributed by atoms with Crippen LogP contribution >= 0.6 is 0 Å². The number of urea groups is 1. The number of nitrogens with zero attached hydrogens (tertiary/aromatic N) is 2. The second-order valence-electron chi connectivity index (χ2n) is 5.59. The Morgan fingerprint density at radius 2 is 1.80 bits per heavy atom. The molecule has 3 N–H and O–H groups in total. The number of carbonyl (C=O) groups excluding carboxylic acids is 1. The van der Waals surface area contributed by atoms with Gasteiger partial charge in [0, 0.05) is 44.5 Å². The van der Waals surface area contributed by atoms with Crippen molar-refractivity contribution < 1.29 is 4.79 Å². The first kappa shape index (κ1) is 13.4. The number of piperazine rings is 1. The summed E-state index contributed by atoms with van der Waals surface area (Å²) in [4.78, 5) is 16.6. The number of carbonyl (C=O) groups is 1. The number of hydrogen-bond donors (Lipinski definition) is 2. The molecule has 0 unspecified atom stereocenters. The maximum Gasteiger partial charge on any atom is 0.321 e. The van der Waals surface area contributed by atoms with E-state index < -0.39 is 0 Å². The van der Waals surface area contributed by atoms with Crippen LogP contribution in [0.25, 0.3) is 0 Å². The summed E-state index contributed by atoms with van der Waals surface area (Å²) in [6.45, 7) is 4.18. The van der Waals surface area contributed by atoms with E-state index in [0.717, 1.165) is 43.5 Å². The lowest BCUT2D eigenvalue weighted by molar-refractivity contribution is 0.142. The van der Waals surface area contributed by atoms with E-state index in [-0.39, 0.29) is 6.03 Å². The van der Waals surface area contributed by atoms with E-state index in [0.29, 0.717) is 6.54 Å². The highest BCUT2D eigenvalue weighted by atomic mass is 16.2. The zero-order valence-electron chi connectivity index (χ0n) is 11.7. The SMILES string of the molecule is NCc1ccc(NC(=O)N2CCN(C3CC3)CC2)cc1. The number of benzene rings is 1. The van der Waals surface area contributed by atoms with Crippen LogP contribution in [0.5, 0.6) is 0 Å². The molecule has 1 heterocycles. The molecule has 1 aliphatic heterocycles. The highest BCUT2D eigenvalue weighted by molar-refractivity contribution is 5.89. The van der Waals surface area contributed by atoms with Gasteiger partial charge in [-0.3, -0.25) is 4.90 Å². The molecule has 1 aliphatic carbocycles. The Labute approximate surface area is 119 Å². The molecule has 5 heteroatoms. The lowest BCUT2D eigenvalue weighted by atomic mass is 10.2. The summed E-state index contributed by atoms with van der Waals surface area (Å²) in [5.41, 5.74) is 7.46. The van der Waals surface area contributed by atoms with Gasteiger partial charge in [0.05, 0.1) is 0 Å². The molecule has 108 valence electrons. The fraction of sp³-hybridized carbons (Fsp3) is 0.533. The van der Waals surface area contributed by atoms with Crippen LogP contribution in [0.3, 0.4) is 0 Å². The van der Waals surface area contributed by atoms with Crippen molar-refractivity contribution in [2.75, 3.05) is 31.5 Å². The van der Waals surface area contributed by atoms with Crippen LogP contribution in [-0.2, 0) is 6.54 Å². The topological polar surface area (TPSA) is 61.6 Å². The van der Waals surface area contributed by atoms with E-state index >= 15 is 0 Å². The predicted molar refractivity (Wildman–Crippen MR) is 79.5 cm³/mol. The van der Waals surface area contributed by atoms with Crippen LogP contribution < -0.4 is 11.1 Å². The summed E-state index contributed by atoms with van der Waals surface area (Å²) in [6, 6.07) is 8.49. The molecule has 0 spiro atoms. The molecule has 1 aromatic carbocycles. The van der Waals surface area contributed by atoms with Gasteiger partial charge in [-0.15, -0.1) is 0 Å². The molecule has 20 heavy (non-hydrogen) atoms. The van der Waals surface area contributed by atoms with Crippen molar-refractivity contribution in [3.8, 4) is 0 Å². The predicted octanol–water partition coefficient (Wildman–Crippen LogP) is 1.46. The van der Waals surface area contributed by atoms with E-state index in [1.807, 2.05) is 29.2 Å². The van der Waals surface area contributed by atoms with Gasteiger partial charge in [-0.2, -0.15) is 0 Å². The Morgan fingerprint density at radius 3 is 2.35 bits per heavy atom. The zero-order valence-corrected chi connectivity index (χ0v) is 11.7. The lowest BCUT2D eigenvalue weighted by Gasteiger charge is -2.34. The van der Waals surface area contributed by atoms with Gasteiger partial charge in [0.1, 0.15) is 0 Å². The Kier molecular flexibility index (Phi) is 3.89. The van der Waals surface area contributed by atoms with Crippen LogP contribution in [0.2, 0.25) is 0 Å². The Balaban J connectivity index is 1.51. The Hall–Kier alpha value is -1.59. The van der Waals surface area contributed by atoms with Crippen molar-refractivity contribution in [2.45, 2.75) is 25.4 Å². The van der Waals surface area contributed by atoms with Gasteiger partial charge in [0.25, 0.3) is 0 Å². The molecule has 1 saturated carbocycles. The minimum atomic E-state index is 0.000875. The first-order valence-electron chi connectivity index (χ1n) is 7.35. The number of rotatable bonds is 3. The molecule has 0 bridgehead atoms. The number of anilines is 1. The monoisotopic (exact) mass is 274 g/mol. The van der Waals surface area contributed by atoms with Gasteiger partial charge in [0.15, 0.2) is 0 Å². The number of hydrogen-bond acceptors (Lipinski definition) is 3. The maximum absolute atomic E-state index is 12.2. The van der Waals surface area contributed by atoms with Crippen molar-refractivity contribution in [1.29, 1.82) is 0 Å². The molecule has 0 aromatic heterocycles. The molecule has 1 aromatic rings. The van der Waals surface area contributed by atoms with Gasteiger partial charge < -0.3 is 16.0 Å². The van der Waals surface area contributed by atoms with E-state index in [1.165, 1.54) is 12.8 Å². The molecule has 0 radical (unpaired) electrons. The van der Waals surface area contributed by atoms with E-state index in [9.17, 15) is 4.79 Å². The van der Waals surface area contributed by atoms with Crippen molar-refractivity contribution in [1.82, 2.24) is 9.80 Å². The summed E-state index contributed by atoms with van der Waals surface area (Å²) in [7, 11) is 0. The average molecular weight is 274 g/mol. The highest BCUT2D eigenvalue weighted by Gasteiger charge is 2.32. The molecule has 1 saturated heterocycles. The summed E-state index contributed by atoms with van der Waals surface area (Å²) < 4.78 is 0. The molecule has 2 aliphatic rings. The fourth-order valence-corrected chi connectivity index (χ4v) is 2.66. The summed E-state index contributed by atoms with van der Waals surface area (Å²) in [5.74, 6) is 0. The van der Waals surface area contributed by atoms with Crippen LogP contribution in [0.15, 0.2) is 24.3 Å². The van der Waals surface area contributed by atoms with Gasteiger partial charge in [-0.05, 0) is 30.5 Å². The smallest absolute Gasteiger partial charge is 0.321 e. The molecule has 3 rings (SSSR count). The largest absolute Gasteiger partial charge is 0.326 e. The number of nitrogens with one attached hydrogen (secondary N) is 1. The van der Waals surface area contributed by atoms with Crippen molar-refractivity contribution in [3.05, 3.63) is 29.8 Å². The number of nitrogens with two attached hydrogens (primary N) is 1. The summed E-state index contributed by atoms with van der Waals surface area (Å²) >= 11 is 0. The van der Waals surface area contributed by atoms with E-state index in [1.54, 1.807) is 0 Å². The second-order valence-corrected chi connectivity index (χ2v) is 5.59. The van der Waals surface area contributed by atoms with Gasteiger partial charge in [-0.1, -0.05) is 12.1 Å².